The Labute approximate surface area is 462 Å². The Morgan fingerprint density at radius 3 is 0.959 bits per heavy atom. The molecule has 1 amide bonds. The number of aliphatic hydroxyl groups is 2. The Bertz CT molecular complexity index is 1150. The highest BCUT2D eigenvalue weighted by Crippen LogP contribution is 2.18. The van der Waals surface area contributed by atoms with Crippen LogP contribution in [0.4, 0.5) is 0 Å². The fourth-order valence-corrected chi connectivity index (χ4v) is 10.6. The summed E-state index contributed by atoms with van der Waals surface area (Å²) in [5.41, 5.74) is 0. The van der Waals surface area contributed by atoms with Gasteiger partial charge in [0.1, 0.15) is 0 Å². The molecular weight excluding hydrogens is 911 g/mol. The zero-order valence-electron chi connectivity index (χ0n) is 50.1. The molecule has 0 aromatic heterocycles. The molecule has 6 nitrogen and oxygen atoms in total. The van der Waals surface area contributed by atoms with Crippen LogP contribution < -0.4 is 5.32 Å². The van der Waals surface area contributed by atoms with E-state index in [2.05, 4.69) is 31.3 Å². The van der Waals surface area contributed by atoms with Gasteiger partial charge in [-0.05, 0) is 57.8 Å². The average molecular weight is 1040 g/mol. The van der Waals surface area contributed by atoms with Gasteiger partial charge < -0.3 is 20.3 Å². The van der Waals surface area contributed by atoms with Crippen LogP contribution in [0.25, 0.3) is 0 Å². The highest BCUT2D eigenvalue weighted by molar-refractivity contribution is 5.76. The Morgan fingerprint density at radius 1 is 0.365 bits per heavy atom. The molecule has 0 radical (unpaired) electrons. The molecule has 6 heteroatoms. The molecule has 74 heavy (non-hydrogen) atoms. The van der Waals surface area contributed by atoms with Crippen LogP contribution in [0.2, 0.25) is 0 Å². The summed E-state index contributed by atoms with van der Waals surface area (Å²) < 4.78 is 5.50. The monoisotopic (exact) mass is 1040 g/mol. The zero-order chi connectivity index (χ0) is 53.6. The summed E-state index contributed by atoms with van der Waals surface area (Å²) in [6, 6.07) is -0.623. The first-order valence-corrected chi connectivity index (χ1v) is 33.6. The average Bonchev–Trinajstić information content (AvgIpc) is 3.40. The Kier molecular flexibility index (Phi) is 62.4. The van der Waals surface area contributed by atoms with Gasteiger partial charge in [-0.1, -0.05) is 327 Å². The number of nitrogens with one attached hydrogen (secondary N) is 1. The molecule has 0 aliphatic carbocycles. The van der Waals surface area contributed by atoms with Gasteiger partial charge in [-0.25, -0.2) is 0 Å². The van der Waals surface area contributed by atoms with E-state index in [0.29, 0.717) is 19.4 Å². The Hall–Kier alpha value is -1.66. The van der Waals surface area contributed by atoms with E-state index < -0.39 is 12.1 Å². The van der Waals surface area contributed by atoms with E-state index >= 15 is 0 Å². The van der Waals surface area contributed by atoms with Crippen LogP contribution in [-0.4, -0.2) is 47.4 Å². The molecule has 0 bridgehead atoms. The molecule has 0 saturated heterocycles. The van der Waals surface area contributed by atoms with Gasteiger partial charge in [0.2, 0.25) is 5.91 Å². The fourth-order valence-electron chi connectivity index (χ4n) is 10.6. The second-order valence-electron chi connectivity index (χ2n) is 23.2. The Morgan fingerprint density at radius 2 is 0.635 bits per heavy atom. The van der Waals surface area contributed by atoms with Crippen molar-refractivity contribution in [3.05, 3.63) is 24.3 Å². The van der Waals surface area contributed by atoms with Crippen molar-refractivity contribution in [3.63, 3.8) is 0 Å². The minimum absolute atomic E-state index is 0.0128. The molecule has 0 rings (SSSR count). The lowest BCUT2D eigenvalue weighted by Crippen LogP contribution is -2.45. The fraction of sp³-hybridized carbons (Fsp3) is 0.912. The van der Waals surface area contributed by atoms with Crippen LogP contribution in [0.15, 0.2) is 24.3 Å². The molecule has 2 unspecified atom stereocenters. The topological polar surface area (TPSA) is 95.9 Å². The lowest BCUT2D eigenvalue weighted by molar-refractivity contribution is -0.143. The van der Waals surface area contributed by atoms with Crippen molar-refractivity contribution in [1.29, 1.82) is 0 Å². The third-order valence-corrected chi connectivity index (χ3v) is 15.7. The first kappa shape index (κ1) is 72.3. The SMILES string of the molecule is CCCCCCCCC/C=C\CCCCCCCC(=O)OCCCCCCCCCCCCCCCCCCCCCCCCCCCCCCCCC(=O)NC(CO)C(O)/C=C/CCCCCCCCCCC. The van der Waals surface area contributed by atoms with Gasteiger partial charge in [-0.3, -0.25) is 9.59 Å². The van der Waals surface area contributed by atoms with Crippen molar-refractivity contribution < 1.29 is 24.5 Å². The summed E-state index contributed by atoms with van der Waals surface area (Å²) in [7, 11) is 0. The van der Waals surface area contributed by atoms with E-state index in [1.165, 1.54) is 302 Å². The van der Waals surface area contributed by atoms with Gasteiger partial charge >= 0.3 is 5.97 Å². The van der Waals surface area contributed by atoms with Crippen molar-refractivity contribution in [2.75, 3.05) is 13.2 Å². The molecule has 0 spiro atoms. The molecule has 0 saturated carbocycles. The van der Waals surface area contributed by atoms with E-state index in [9.17, 15) is 19.8 Å². The number of unbranched alkanes of at least 4 members (excludes halogenated alkanes) is 50. The quantitative estimate of drug-likeness (QED) is 0.0320. The van der Waals surface area contributed by atoms with Crippen LogP contribution in [-0.2, 0) is 14.3 Å². The second kappa shape index (κ2) is 63.9. The predicted molar refractivity (Wildman–Crippen MR) is 324 cm³/mol. The largest absolute Gasteiger partial charge is 0.466 e. The van der Waals surface area contributed by atoms with Crippen LogP contribution in [0.5, 0.6) is 0 Å². The number of amides is 1. The first-order chi connectivity index (χ1) is 36.5. The van der Waals surface area contributed by atoms with E-state index in [-0.39, 0.29) is 18.5 Å². The number of allylic oxidation sites excluding steroid dienone is 3. The van der Waals surface area contributed by atoms with Gasteiger partial charge in [0.15, 0.2) is 0 Å². The maximum absolute atomic E-state index is 12.4. The minimum Gasteiger partial charge on any atom is -0.466 e. The van der Waals surface area contributed by atoms with Crippen molar-refractivity contribution >= 4 is 11.9 Å². The summed E-state index contributed by atoms with van der Waals surface area (Å²) in [4.78, 5) is 24.5. The van der Waals surface area contributed by atoms with Gasteiger partial charge in [0.25, 0.3) is 0 Å². The summed E-state index contributed by atoms with van der Waals surface area (Å²) >= 11 is 0. The molecule has 0 fully saturated rings. The van der Waals surface area contributed by atoms with Gasteiger partial charge in [-0.15, -0.1) is 0 Å². The normalized spacial score (nSPS) is 12.6. The number of carbonyl (C=O) groups excluding carboxylic acids is 2. The molecule has 0 aliphatic heterocycles. The number of rotatable bonds is 63. The predicted octanol–water partition coefficient (Wildman–Crippen LogP) is 21.4. The smallest absolute Gasteiger partial charge is 0.305 e. The maximum atomic E-state index is 12.4. The molecule has 0 heterocycles. The van der Waals surface area contributed by atoms with E-state index in [4.69, 9.17) is 4.74 Å². The molecule has 2 atom stereocenters. The molecular formula is C68H131NO5. The summed E-state index contributed by atoms with van der Waals surface area (Å²) in [5, 5.41) is 23.0. The summed E-state index contributed by atoms with van der Waals surface area (Å²) in [5.74, 6) is -0.0512. The molecule has 0 aliphatic rings. The van der Waals surface area contributed by atoms with Gasteiger partial charge in [-0.2, -0.15) is 0 Å². The van der Waals surface area contributed by atoms with E-state index in [0.717, 1.165) is 44.9 Å². The summed E-state index contributed by atoms with van der Waals surface area (Å²) in [6.45, 7) is 4.91. The van der Waals surface area contributed by atoms with Gasteiger partial charge in [0, 0.05) is 12.8 Å². The van der Waals surface area contributed by atoms with Crippen molar-refractivity contribution in [3.8, 4) is 0 Å². The molecule has 0 aromatic rings. The lowest BCUT2D eigenvalue weighted by Gasteiger charge is -2.20. The molecule has 0 aromatic carbocycles. The maximum Gasteiger partial charge on any atom is 0.305 e. The van der Waals surface area contributed by atoms with Gasteiger partial charge in [0.05, 0.1) is 25.4 Å². The van der Waals surface area contributed by atoms with Crippen LogP contribution in [0.3, 0.4) is 0 Å². The first-order valence-electron chi connectivity index (χ1n) is 33.6. The number of hydrogen-bond donors (Lipinski definition) is 3. The molecule has 438 valence electrons. The number of esters is 1. The second-order valence-corrected chi connectivity index (χ2v) is 23.2. The highest BCUT2D eigenvalue weighted by Gasteiger charge is 2.18. The van der Waals surface area contributed by atoms with Crippen LogP contribution >= 0.6 is 0 Å². The minimum atomic E-state index is -0.840. The Balaban J connectivity index is 3.32. The van der Waals surface area contributed by atoms with E-state index in [1.54, 1.807) is 6.08 Å². The van der Waals surface area contributed by atoms with Crippen LogP contribution in [0.1, 0.15) is 373 Å². The van der Waals surface area contributed by atoms with Crippen molar-refractivity contribution in [2.24, 2.45) is 0 Å². The van der Waals surface area contributed by atoms with Crippen molar-refractivity contribution in [1.82, 2.24) is 5.32 Å². The lowest BCUT2D eigenvalue weighted by atomic mass is 10.0. The zero-order valence-corrected chi connectivity index (χ0v) is 50.1. The third-order valence-electron chi connectivity index (χ3n) is 15.7. The number of hydrogen-bond acceptors (Lipinski definition) is 5. The number of carbonyl (C=O) groups is 2. The van der Waals surface area contributed by atoms with Crippen LogP contribution in [0, 0.1) is 0 Å². The van der Waals surface area contributed by atoms with Crippen molar-refractivity contribution in [2.45, 2.75) is 386 Å². The number of aliphatic hydroxyl groups excluding tert-OH is 2. The third kappa shape index (κ3) is 59.6. The summed E-state index contributed by atoms with van der Waals surface area (Å²) in [6.07, 6.45) is 79.7. The van der Waals surface area contributed by atoms with E-state index in [1.807, 2.05) is 6.08 Å². The highest BCUT2D eigenvalue weighted by atomic mass is 16.5. The standard InChI is InChI=1S/C68H131NO5/c1-3-5-7-9-11-13-15-16-17-35-38-42-46-50-54-58-62-68(73)74-63-59-55-51-47-43-39-36-33-31-29-27-25-23-21-19-18-20-22-24-26-28-30-32-34-37-41-45-49-53-57-61-67(72)69-65(64-70)66(71)60-56-52-48-44-40-14-12-10-8-6-4-2/h17,35,56,60,65-66,70-71H,3-16,18-34,36-55,57-59,61-64H2,1-2H3,(H,69,72)/b35-17-,60-56+. The number of ether oxygens (including phenoxy) is 1. The molecule has 3 N–H and O–H groups in total.